The summed E-state index contributed by atoms with van der Waals surface area (Å²) in [4.78, 5) is 46.3. The molecule has 0 aliphatic carbocycles. The molecule has 1 saturated heterocycles. The highest BCUT2D eigenvalue weighted by Gasteiger charge is 2.23. The molecule has 2 aromatic heterocycles. The van der Waals surface area contributed by atoms with Crippen molar-refractivity contribution in [1.82, 2.24) is 19.9 Å². The van der Waals surface area contributed by atoms with Crippen LogP contribution in [0.15, 0.2) is 41.7 Å². The highest BCUT2D eigenvalue weighted by molar-refractivity contribution is 6.38. The van der Waals surface area contributed by atoms with Crippen molar-refractivity contribution >= 4 is 46.6 Å². The zero-order valence-corrected chi connectivity index (χ0v) is 20.2. The first-order chi connectivity index (χ1) is 16.8. The van der Waals surface area contributed by atoms with Gasteiger partial charge in [0.1, 0.15) is 17.7 Å². The Hall–Kier alpha value is -3.47. The van der Waals surface area contributed by atoms with Crippen molar-refractivity contribution in [2.75, 3.05) is 24.7 Å². The van der Waals surface area contributed by atoms with Gasteiger partial charge in [0.15, 0.2) is 0 Å². The van der Waals surface area contributed by atoms with Crippen LogP contribution in [0.25, 0.3) is 5.69 Å². The molecule has 1 aliphatic heterocycles. The maximum Gasteiger partial charge on any atom is 0.337 e. The number of rotatable bonds is 5. The van der Waals surface area contributed by atoms with Crippen molar-refractivity contribution in [2.45, 2.75) is 25.3 Å². The maximum absolute atomic E-state index is 13.3. The molecule has 1 atom stereocenters. The summed E-state index contributed by atoms with van der Waals surface area (Å²) in [6.45, 7) is 0.915. The van der Waals surface area contributed by atoms with Crippen molar-refractivity contribution in [3.8, 4) is 5.69 Å². The van der Waals surface area contributed by atoms with Gasteiger partial charge in [0, 0.05) is 12.2 Å². The van der Waals surface area contributed by atoms with Gasteiger partial charge in [0.25, 0.3) is 11.5 Å². The molecule has 182 valence electrons. The van der Waals surface area contributed by atoms with Crippen LogP contribution in [-0.2, 0) is 4.74 Å². The summed E-state index contributed by atoms with van der Waals surface area (Å²) < 4.78 is 5.67. The topological polar surface area (TPSA) is 141 Å². The van der Waals surface area contributed by atoms with E-state index in [4.69, 9.17) is 28.9 Å². The Morgan fingerprint density at radius 2 is 1.94 bits per heavy atom. The number of anilines is 2. The summed E-state index contributed by atoms with van der Waals surface area (Å²) in [7, 11) is 1.22. The molecular formula is C23H22Cl2N6O4. The number of carbonyl (C=O) groups is 2. The maximum atomic E-state index is 13.3. The second-order valence-corrected chi connectivity index (χ2v) is 8.74. The molecule has 4 rings (SSSR count). The van der Waals surface area contributed by atoms with Crippen LogP contribution in [0.2, 0.25) is 10.0 Å². The number of hydrogen-bond acceptors (Lipinski definition) is 8. The van der Waals surface area contributed by atoms with Gasteiger partial charge in [-0.05, 0) is 43.1 Å². The molecule has 0 spiro atoms. The largest absolute Gasteiger partial charge is 0.465 e. The molecule has 12 heteroatoms. The Labute approximate surface area is 210 Å². The van der Waals surface area contributed by atoms with Gasteiger partial charge in [-0.25, -0.2) is 9.78 Å². The Balaban J connectivity index is 1.67. The Morgan fingerprint density at radius 1 is 1.20 bits per heavy atom. The summed E-state index contributed by atoms with van der Waals surface area (Å²) in [5, 5.41) is 6.06. The van der Waals surface area contributed by atoms with Crippen molar-refractivity contribution in [3.63, 3.8) is 0 Å². The highest BCUT2D eigenvalue weighted by Crippen LogP contribution is 2.30. The predicted molar refractivity (Wildman–Crippen MR) is 132 cm³/mol. The number of nitrogens with one attached hydrogen (secondary N) is 2. The molecule has 35 heavy (non-hydrogen) atoms. The van der Waals surface area contributed by atoms with Crippen LogP contribution < -0.4 is 21.9 Å². The number of esters is 1. The van der Waals surface area contributed by atoms with Gasteiger partial charge in [0.2, 0.25) is 0 Å². The number of pyridine rings is 1. The second kappa shape index (κ2) is 10.4. The minimum absolute atomic E-state index is 0.0187. The number of amides is 1. The Morgan fingerprint density at radius 3 is 2.60 bits per heavy atom. The van der Waals surface area contributed by atoms with E-state index in [1.165, 1.54) is 25.4 Å². The van der Waals surface area contributed by atoms with E-state index >= 15 is 0 Å². The van der Waals surface area contributed by atoms with Gasteiger partial charge in [0.05, 0.1) is 40.3 Å². The third-order valence-corrected chi connectivity index (χ3v) is 6.21. The number of nitrogens with zero attached hydrogens (tertiary/aromatic N) is 3. The molecule has 3 heterocycles. The monoisotopic (exact) mass is 516 g/mol. The van der Waals surface area contributed by atoms with E-state index in [1.807, 2.05) is 0 Å². The number of hydrogen-bond donors (Lipinski definition) is 3. The quantitative estimate of drug-likeness (QED) is 0.438. The van der Waals surface area contributed by atoms with Crippen LogP contribution >= 0.6 is 23.2 Å². The van der Waals surface area contributed by atoms with Crippen LogP contribution in [0.3, 0.4) is 0 Å². The van der Waals surface area contributed by atoms with Crippen molar-refractivity contribution in [1.29, 1.82) is 0 Å². The first-order valence-corrected chi connectivity index (χ1v) is 11.5. The lowest BCUT2D eigenvalue weighted by molar-refractivity contribution is 0.0600. The fraction of sp³-hybridized carbons (Fsp3) is 0.261. The summed E-state index contributed by atoms with van der Waals surface area (Å²) in [5.41, 5.74) is 6.19. The molecule has 10 nitrogen and oxygen atoms in total. The molecule has 1 amide bonds. The number of methoxy groups -OCH3 is 1. The number of nitrogens with two attached hydrogens (primary N) is 1. The Bertz CT molecular complexity index is 1330. The smallest absolute Gasteiger partial charge is 0.337 e. The van der Waals surface area contributed by atoms with Crippen molar-refractivity contribution in [2.24, 2.45) is 0 Å². The lowest BCUT2D eigenvalue weighted by Gasteiger charge is -2.23. The van der Waals surface area contributed by atoms with Crippen molar-refractivity contribution < 1.29 is 14.3 Å². The fourth-order valence-electron chi connectivity index (χ4n) is 3.92. The van der Waals surface area contributed by atoms with Gasteiger partial charge in [-0.2, -0.15) is 0 Å². The number of halogens is 2. The van der Waals surface area contributed by atoms with E-state index in [1.54, 1.807) is 12.3 Å². The van der Waals surface area contributed by atoms with Crippen LogP contribution in [0.5, 0.6) is 0 Å². The second-order valence-electron chi connectivity index (χ2n) is 7.92. The molecule has 4 N–H and O–H groups in total. The normalized spacial score (nSPS) is 15.5. The number of nitrogen functional groups attached to an aromatic ring is 1. The molecule has 1 fully saturated rings. The Kier molecular flexibility index (Phi) is 7.34. The van der Waals surface area contributed by atoms with Gasteiger partial charge < -0.3 is 21.1 Å². The SMILES string of the molecule is COC(=O)c1cc(Cl)c(-n2cnc(N)c(C(=O)Nc3cncc([C@H]4CCCCN4)c3)c2=O)c(Cl)c1. The zero-order valence-electron chi connectivity index (χ0n) is 18.7. The third-order valence-electron chi connectivity index (χ3n) is 5.64. The van der Waals surface area contributed by atoms with E-state index in [9.17, 15) is 14.4 Å². The third kappa shape index (κ3) is 5.14. The van der Waals surface area contributed by atoms with E-state index in [-0.39, 0.29) is 33.2 Å². The average molecular weight is 517 g/mol. The molecule has 3 aromatic rings. The van der Waals surface area contributed by atoms with Crippen LogP contribution in [0.1, 0.15) is 51.6 Å². The first-order valence-electron chi connectivity index (χ1n) is 10.7. The first kappa shape index (κ1) is 24.6. The minimum atomic E-state index is -0.789. The molecule has 1 aromatic carbocycles. The molecule has 0 saturated carbocycles. The standard InChI is InChI=1S/C23H22Cl2N6O4/c1-35-23(34)12-7-15(24)19(16(25)8-12)31-11-29-20(26)18(22(31)33)21(32)30-14-6-13(9-27-10-14)17-4-2-3-5-28-17/h6-11,17,28H,2-5,26H2,1H3,(H,30,32)/t17-/m1/s1. The van der Waals surface area contributed by atoms with E-state index in [0.717, 1.165) is 42.3 Å². The van der Waals surface area contributed by atoms with E-state index in [0.29, 0.717) is 5.69 Å². The van der Waals surface area contributed by atoms with Crippen molar-refractivity contribution in [3.05, 3.63) is 74.0 Å². The summed E-state index contributed by atoms with van der Waals surface area (Å²) in [6, 6.07) is 4.55. The number of carbonyl (C=O) groups excluding carboxylic acids is 2. The molecule has 1 aliphatic rings. The van der Waals surface area contributed by atoms with E-state index in [2.05, 4.69) is 25.3 Å². The fourth-order valence-corrected chi connectivity index (χ4v) is 4.59. The van der Waals surface area contributed by atoms with Gasteiger partial charge in [-0.3, -0.25) is 19.1 Å². The number of piperidine rings is 1. The molecule has 0 bridgehead atoms. The molecular weight excluding hydrogens is 495 g/mol. The summed E-state index contributed by atoms with van der Waals surface area (Å²) >= 11 is 12.6. The molecule has 0 unspecified atom stereocenters. The van der Waals surface area contributed by atoms with Gasteiger partial charge in [-0.15, -0.1) is 0 Å². The number of benzene rings is 1. The zero-order chi connectivity index (χ0) is 25.1. The van der Waals surface area contributed by atoms with E-state index < -0.39 is 23.0 Å². The number of aromatic nitrogens is 3. The summed E-state index contributed by atoms with van der Waals surface area (Å²) in [6.07, 6.45) is 7.52. The summed E-state index contributed by atoms with van der Waals surface area (Å²) in [5.74, 6) is -1.67. The molecule has 0 radical (unpaired) electrons. The van der Waals surface area contributed by atoms with Gasteiger partial charge >= 0.3 is 5.97 Å². The number of ether oxygens (including phenoxy) is 1. The van der Waals surface area contributed by atoms with Crippen LogP contribution in [-0.4, -0.2) is 40.1 Å². The van der Waals surface area contributed by atoms with Gasteiger partial charge in [-0.1, -0.05) is 29.6 Å². The van der Waals surface area contributed by atoms with Crippen LogP contribution in [0.4, 0.5) is 11.5 Å². The lowest BCUT2D eigenvalue weighted by atomic mass is 9.99. The lowest BCUT2D eigenvalue weighted by Crippen LogP contribution is -2.31. The van der Waals surface area contributed by atoms with Crippen LogP contribution in [0, 0.1) is 0 Å². The minimum Gasteiger partial charge on any atom is -0.465 e. The highest BCUT2D eigenvalue weighted by atomic mass is 35.5. The predicted octanol–water partition coefficient (Wildman–Crippen LogP) is 3.37. The average Bonchev–Trinajstić information content (AvgIpc) is 2.85.